The summed E-state index contributed by atoms with van der Waals surface area (Å²) in [5.74, 6) is 3.34. The minimum atomic E-state index is 0.0449. The lowest BCUT2D eigenvalue weighted by Crippen LogP contribution is -2.50. The molecular weight excluding hydrogens is 340 g/mol. The third-order valence-electron chi connectivity index (χ3n) is 6.34. The van der Waals surface area contributed by atoms with Gasteiger partial charge >= 0.3 is 0 Å². The lowest BCUT2D eigenvalue weighted by Gasteiger charge is -2.38. The van der Waals surface area contributed by atoms with Crippen LogP contribution in [-0.4, -0.2) is 47.9 Å². The van der Waals surface area contributed by atoms with Crippen molar-refractivity contribution in [1.29, 1.82) is 0 Å². The molecule has 0 bridgehead atoms. The van der Waals surface area contributed by atoms with Gasteiger partial charge in [-0.2, -0.15) is 5.10 Å². The van der Waals surface area contributed by atoms with Crippen molar-refractivity contribution < 1.29 is 9.53 Å². The molecule has 27 heavy (non-hydrogen) atoms. The largest absolute Gasteiger partial charge is 0.376 e. The summed E-state index contributed by atoms with van der Waals surface area (Å²) in [5.41, 5.74) is 1.04. The lowest BCUT2D eigenvalue weighted by atomic mass is 9.77. The summed E-state index contributed by atoms with van der Waals surface area (Å²) in [6.45, 7) is 8.74. The number of hydrogen-bond donors (Lipinski definition) is 1. The number of hydrogen-bond acceptors (Lipinski definition) is 5. The lowest BCUT2D eigenvalue weighted by molar-refractivity contribution is -0.122. The van der Waals surface area contributed by atoms with E-state index in [9.17, 15) is 4.79 Å². The molecule has 6 heteroatoms. The zero-order chi connectivity index (χ0) is 19.0. The molecule has 4 rings (SSSR count). The Labute approximate surface area is 162 Å². The van der Waals surface area contributed by atoms with E-state index in [4.69, 9.17) is 4.74 Å². The first-order valence-electron chi connectivity index (χ1n) is 10.5. The van der Waals surface area contributed by atoms with E-state index in [2.05, 4.69) is 46.4 Å². The number of nitrogens with zero attached hydrogens (tertiary/aromatic N) is 3. The molecule has 0 aromatic carbocycles. The third-order valence-corrected chi connectivity index (χ3v) is 6.34. The first-order valence-corrected chi connectivity index (χ1v) is 10.5. The molecule has 2 saturated carbocycles. The van der Waals surface area contributed by atoms with E-state index in [1.54, 1.807) is 6.92 Å². The van der Waals surface area contributed by atoms with Gasteiger partial charge in [-0.15, -0.1) is 5.10 Å². The summed E-state index contributed by atoms with van der Waals surface area (Å²) < 4.78 is 6.25. The summed E-state index contributed by atoms with van der Waals surface area (Å²) in [4.78, 5) is 14.0. The highest BCUT2D eigenvalue weighted by Crippen LogP contribution is 2.40. The fourth-order valence-corrected chi connectivity index (χ4v) is 4.55. The van der Waals surface area contributed by atoms with Crippen LogP contribution in [0.2, 0.25) is 0 Å². The Bertz CT molecular complexity index is 659. The van der Waals surface area contributed by atoms with E-state index < -0.39 is 0 Å². The SMILES string of the molecule is CC(=O)N[C@@H]1C[C@@H]2CN(c3ccc(C(C)C)nn3)C[C@@H]2C[C@H]1OCC1CC1. The zero-order valence-electron chi connectivity index (χ0n) is 16.7. The Morgan fingerprint density at radius 3 is 2.56 bits per heavy atom. The predicted molar refractivity (Wildman–Crippen MR) is 105 cm³/mol. The first-order chi connectivity index (χ1) is 13.0. The number of rotatable bonds is 6. The van der Waals surface area contributed by atoms with Crippen LogP contribution in [-0.2, 0) is 9.53 Å². The van der Waals surface area contributed by atoms with Gasteiger partial charge in [0.15, 0.2) is 5.82 Å². The Morgan fingerprint density at radius 1 is 1.22 bits per heavy atom. The molecule has 0 spiro atoms. The molecular formula is C21H32N4O2. The van der Waals surface area contributed by atoms with Crippen LogP contribution < -0.4 is 10.2 Å². The minimum Gasteiger partial charge on any atom is -0.376 e. The van der Waals surface area contributed by atoms with Crippen molar-refractivity contribution in [3.05, 3.63) is 17.8 Å². The van der Waals surface area contributed by atoms with Gasteiger partial charge in [0, 0.05) is 26.6 Å². The van der Waals surface area contributed by atoms with Gasteiger partial charge in [-0.05, 0) is 61.5 Å². The molecule has 4 atom stereocenters. The van der Waals surface area contributed by atoms with Crippen molar-refractivity contribution in [1.82, 2.24) is 15.5 Å². The van der Waals surface area contributed by atoms with Gasteiger partial charge < -0.3 is 15.0 Å². The third kappa shape index (κ3) is 4.42. The molecule has 6 nitrogen and oxygen atoms in total. The van der Waals surface area contributed by atoms with Crippen molar-refractivity contribution in [3.63, 3.8) is 0 Å². The first kappa shape index (κ1) is 18.7. The summed E-state index contributed by atoms with van der Waals surface area (Å²) in [7, 11) is 0. The maximum atomic E-state index is 11.7. The van der Waals surface area contributed by atoms with Gasteiger partial charge in [-0.1, -0.05) is 13.8 Å². The van der Waals surface area contributed by atoms with Gasteiger partial charge in [-0.25, -0.2) is 0 Å². The molecule has 1 aromatic rings. The molecule has 148 valence electrons. The predicted octanol–water partition coefficient (Wildman–Crippen LogP) is 2.75. The van der Waals surface area contributed by atoms with Crippen molar-refractivity contribution in [2.45, 2.75) is 64.5 Å². The molecule has 1 amide bonds. The average Bonchev–Trinajstić information content (AvgIpc) is 3.37. The second-order valence-electron chi connectivity index (χ2n) is 8.99. The van der Waals surface area contributed by atoms with Gasteiger partial charge in [-0.3, -0.25) is 4.79 Å². The quantitative estimate of drug-likeness (QED) is 0.832. The molecule has 3 aliphatic rings. The number of amides is 1. The molecule has 2 aliphatic carbocycles. The Kier molecular flexibility index (Phi) is 5.35. The highest BCUT2D eigenvalue weighted by molar-refractivity contribution is 5.73. The zero-order valence-corrected chi connectivity index (χ0v) is 16.7. The van der Waals surface area contributed by atoms with Crippen molar-refractivity contribution in [2.24, 2.45) is 17.8 Å². The number of fused-ring (bicyclic) bond motifs is 1. The maximum Gasteiger partial charge on any atom is 0.217 e. The number of carbonyl (C=O) groups excluding carboxylic acids is 1. The van der Waals surface area contributed by atoms with Gasteiger partial charge in [0.1, 0.15) is 0 Å². The van der Waals surface area contributed by atoms with E-state index >= 15 is 0 Å². The van der Waals surface area contributed by atoms with Crippen LogP contribution in [0.3, 0.4) is 0 Å². The van der Waals surface area contributed by atoms with Crippen LogP contribution in [0, 0.1) is 17.8 Å². The average molecular weight is 373 g/mol. The molecule has 1 saturated heterocycles. The van der Waals surface area contributed by atoms with E-state index in [0.29, 0.717) is 17.8 Å². The molecule has 0 radical (unpaired) electrons. The highest BCUT2D eigenvalue weighted by Gasteiger charge is 2.43. The summed E-state index contributed by atoms with van der Waals surface area (Å²) in [6.07, 6.45) is 4.75. The minimum absolute atomic E-state index is 0.0449. The van der Waals surface area contributed by atoms with Crippen LogP contribution in [0.25, 0.3) is 0 Å². The normalized spacial score (nSPS) is 30.4. The molecule has 3 fully saturated rings. The van der Waals surface area contributed by atoms with Gasteiger partial charge in [0.2, 0.25) is 5.91 Å². The number of aromatic nitrogens is 2. The summed E-state index contributed by atoms with van der Waals surface area (Å²) in [5, 5.41) is 12.0. The van der Waals surface area contributed by atoms with Crippen LogP contribution in [0.1, 0.15) is 58.1 Å². The van der Waals surface area contributed by atoms with Crippen molar-refractivity contribution in [3.8, 4) is 0 Å². The monoisotopic (exact) mass is 372 g/mol. The van der Waals surface area contributed by atoms with Crippen LogP contribution >= 0.6 is 0 Å². The van der Waals surface area contributed by atoms with E-state index in [-0.39, 0.29) is 18.1 Å². The highest BCUT2D eigenvalue weighted by atomic mass is 16.5. The van der Waals surface area contributed by atoms with Gasteiger partial charge in [0.25, 0.3) is 0 Å². The fraction of sp³-hybridized carbons (Fsp3) is 0.762. The second-order valence-corrected chi connectivity index (χ2v) is 8.99. The Balaban J connectivity index is 1.41. The topological polar surface area (TPSA) is 67.4 Å². The smallest absolute Gasteiger partial charge is 0.217 e. The Hall–Kier alpha value is -1.69. The molecule has 2 heterocycles. The Morgan fingerprint density at radius 2 is 1.96 bits per heavy atom. The fourth-order valence-electron chi connectivity index (χ4n) is 4.55. The summed E-state index contributed by atoms with van der Waals surface area (Å²) >= 11 is 0. The molecule has 0 unspecified atom stereocenters. The summed E-state index contributed by atoms with van der Waals surface area (Å²) in [6, 6.07) is 4.33. The molecule has 1 N–H and O–H groups in total. The number of ether oxygens (including phenoxy) is 1. The van der Waals surface area contributed by atoms with E-state index in [1.807, 2.05) is 0 Å². The number of anilines is 1. The van der Waals surface area contributed by atoms with Crippen LogP contribution in [0.4, 0.5) is 5.82 Å². The van der Waals surface area contributed by atoms with E-state index in [0.717, 1.165) is 50.0 Å². The standard InChI is InChI=1S/C21H32N4O2/c1-13(2)18-6-7-21(24-23-18)25-10-16-8-19(22-14(3)26)20(9-17(16)11-25)27-12-15-4-5-15/h6-7,13,15-17,19-20H,4-5,8-12H2,1-3H3,(H,22,26)/t16-,17+,19-,20-/m1/s1. The maximum absolute atomic E-state index is 11.7. The second kappa shape index (κ2) is 7.74. The van der Waals surface area contributed by atoms with E-state index in [1.165, 1.54) is 12.8 Å². The van der Waals surface area contributed by atoms with Gasteiger partial charge in [0.05, 0.1) is 17.8 Å². The number of carbonyl (C=O) groups is 1. The number of nitrogens with one attached hydrogen (secondary N) is 1. The molecule has 1 aromatic heterocycles. The molecule has 1 aliphatic heterocycles. The van der Waals surface area contributed by atoms with Crippen LogP contribution in [0.5, 0.6) is 0 Å². The van der Waals surface area contributed by atoms with Crippen LogP contribution in [0.15, 0.2) is 12.1 Å². The van der Waals surface area contributed by atoms with Crippen molar-refractivity contribution in [2.75, 3.05) is 24.6 Å². The van der Waals surface area contributed by atoms with Crippen molar-refractivity contribution >= 4 is 11.7 Å².